The van der Waals surface area contributed by atoms with E-state index in [4.69, 9.17) is 0 Å². The van der Waals surface area contributed by atoms with Crippen LogP contribution in [0.4, 0.5) is 5.69 Å². The van der Waals surface area contributed by atoms with Gasteiger partial charge in [-0.1, -0.05) is 19.9 Å². The van der Waals surface area contributed by atoms with Gasteiger partial charge in [0.1, 0.15) is 0 Å². The maximum atomic E-state index is 3.75. The third kappa shape index (κ3) is 4.47. The van der Waals surface area contributed by atoms with Crippen LogP contribution in [0.1, 0.15) is 25.8 Å². The van der Waals surface area contributed by atoms with Gasteiger partial charge in [0.05, 0.1) is 5.69 Å². The summed E-state index contributed by atoms with van der Waals surface area (Å²) in [6.45, 7) is 9.88. The van der Waals surface area contributed by atoms with Gasteiger partial charge in [-0.05, 0) is 53.6 Å². The lowest BCUT2D eigenvalue weighted by atomic mass is 10.2. The predicted molar refractivity (Wildman–Crippen MR) is 90.4 cm³/mol. The lowest BCUT2D eigenvalue weighted by Crippen LogP contribution is -2.29. The normalized spacial score (nSPS) is 17.6. The van der Waals surface area contributed by atoms with Gasteiger partial charge in [-0.25, -0.2) is 0 Å². The smallest absolute Gasteiger partial charge is 0.0511 e. The molecule has 1 aliphatic heterocycles. The van der Waals surface area contributed by atoms with Crippen molar-refractivity contribution >= 4 is 21.6 Å². The van der Waals surface area contributed by atoms with Crippen molar-refractivity contribution < 1.29 is 0 Å². The van der Waals surface area contributed by atoms with Gasteiger partial charge in [0.25, 0.3) is 0 Å². The highest BCUT2D eigenvalue weighted by molar-refractivity contribution is 9.10. The molecule has 3 nitrogen and oxygen atoms in total. The zero-order valence-corrected chi connectivity index (χ0v) is 14.4. The van der Waals surface area contributed by atoms with E-state index in [9.17, 15) is 0 Å². The number of hydrogen-bond acceptors (Lipinski definition) is 3. The molecule has 0 radical (unpaired) electrons. The molecule has 1 aliphatic rings. The van der Waals surface area contributed by atoms with Crippen LogP contribution in [0.15, 0.2) is 22.7 Å². The maximum Gasteiger partial charge on any atom is 0.0511 e. The van der Waals surface area contributed by atoms with Crippen molar-refractivity contribution in [3.63, 3.8) is 0 Å². The van der Waals surface area contributed by atoms with Crippen molar-refractivity contribution in [3.05, 3.63) is 28.2 Å². The van der Waals surface area contributed by atoms with Crippen LogP contribution in [-0.2, 0) is 6.54 Å². The second-order valence-corrected chi connectivity index (χ2v) is 6.82. The second kappa shape index (κ2) is 7.43. The maximum absolute atomic E-state index is 3.75. The summed E-state index contributed by atoms with van der Waals surface area (Å²) in [5.41, 5.74) is 2.66. The molecule has 1 heterocycles. The SMILES string of the molecule is CC(C)NCc1ccc(N2CCCN(C)CC2)c(Br)c1. The minimum Gasteiger partial charge on any atom is -0.369 e. The molecule has 0 aliphatic carbocycles. The number of halogens is 1. The van der Waals surface area contributed by atoms with Crippen molar-refractivity contribution in [3.8, 4) is 0 Å². The summed E-state index contributed by atoms with van der Waals surface area (Å²) in [5.74, 6) is 0. The lowest BCUT2D eigenvalue weighted by Gasteiger charge is -2.24. The monoisotopic (exact) mass is 339 g/mol. The molecule has 1 saturated heterocycles. The van der Waals surface area contributed by atoms with Crippen LogP contribution in [0.5, 0.6) is 0 Å². The van der Waals surface area contributed by atoms with Gasteiger partial charge in [-0.2, -0.15) is 0 Å². The van der Waals surface area contributed by atoms with Crippen molar-refractivity contribution in [2.75, 3.05) is 38.1 Å². The highest BCUT2D eigenvalue weighted by atomic mass is 79.9. The first kappa shape index (κ1) is 15.8. The molecule has 1 aromatic carbocycles. The second-order valence-electron chi connectivity index (χ2n) is 5.97. The van der Waals surface area contributed by atoms with E-state index in [1.54, 1.807) is 0 Å². The van der Waals surface area contributed by atoms with Crippen LogP contribution in [0, 0.1) is 0 Å². The Morgan fingerprint density at radius 3 is 2.70 bits per heavy atom. The minimum absolute atomic E-state index is 0.523. The lowest BCUT2D eigenvalue weighted by molar-refractivity contribution is 0.360. The van der Waals surface area contributed by atoms with Gasteiger partial charge in [0.2, 0.25) is 0 Å². The Balaban J connectivity index is 2.05. The zero-order valence-electron chi connectivity index (χ0n) is 12.8. The van der Waals surface area contributed by atoms with Crippen LogP contribution in [0.2, 0.25) is 0 Å². The van der Waals surface area contributed by atoms with E-state index in [0.29, 0.717) is 6.04 Å². The fourth-order valence-electron chi connectivity index (χ4n) is 2.53. The Morgan fingerprint density at radius 1 is 1.20 bits per heavy atom. The molecule has 0 unspecified atom stereocenters. The summed E-state index contributed by atoms with van der Waals surface area (Å²) >= 11 is 3.75. The quantitative estimate of drug-likeness (QED) is 0.909. The summed E-state index contributed by atoms with van der Waals surface area (Å²) in [6.07, 6.45) is 1.24. The molecule has 1 fully saturated rings. The molecule has 0 spiro atoms. The molecule has 4 heteroatoms. The number of benzene rings is 1. The van der Waals surface area contributed by atoms with Crippen molar-refractivity contribution in [2.45, 2.75) is 32.9 Å². The Kier molecular flexibility index (Phi) is 5.87. The fourth-order valence-corrected chi connectivity index (χ4v) is 3.20. The van der Waals surface area contributed by atoms with E-state index in [1.807, 2.05) is 0 Å². The molecule has 0 amide bonds. The van der Waals surface area contributed by atoms with E-state index in [2.05, 4.69) is 70.1 Å². The third-order valence-electron chi connectivity index (χ3n) is 3.79. The first-order valence-corrected chi connectivity index (χ1v) is 8.31. The first-order valence-electron chi connectivity index (χ1n) is 7.51. The third-order valence-corrected chi connectivity index (χ3v) is 4.42. The van der Waals surface area contributed by atoms with E-state index in [-0.39, 0.29) is 0 Å². The van der Waals surface area contributed by atoms with Gasteiger partial charge in [-0.3, -0.25) is 0 Å². The Labute approximate surface area is 131 Å². The fraction of sp³-hybridized carbons (Fsp3) is 0.625. The number of nitrogens with one attached hydrogen (secondary N) is 1. The molecular formula is C16H26BrN3. The highest BCUT2D eigenvalue weighted by Gasteiger charge is 2.15. The summed E-state index contributed by atoms with van der Waals surface area (Å²) in [6, 6.07) is 7.27. The van der Waals surface area contributed by atoms with Crippen LogP contribution in [0.3, 0.4) is 0 Å². The van der Waals surface area contributed by atoms with Gasteiger partial charge in [0.15, 0.2) is 0 Å². The Hall–Kier alpha value is -0.580. The number of nitrogens with zero attached hydrogens (tertiary/aromatic N) is 2. The topological polar surface area (TPSA) is 18.5 Å². The molecule has 0 saturated carbocycles. The zero-order chi connectivity index (χ0) is 14.5. The van der Waals surface area contributed by atoms with Crippen LogP contribution < -0.4 is 10.2 Å². The molecule has 0 aromatic heterocycles. The van der Waals surface area contributed by atoms with Crippen LogP contribution in [-0.4, -0.2) is 44.2 Å². The summed E-state index contributed by atoms with van der Waals surface area (Å²) in [5, 5.41) is 3.46. The average Bonchev–Trinajstić information content (AvgIpc) is 2.61. The van der Waals surface area contributed by atoms with Gasteiger partial charge in [0, 0.05) is 36.7 Å². The number of rotatable bonds is 4. The van der Waals surface area contributed by atoms with Crippen molar-refractivity contribution in [1.29, 1.82) is 0 Å². The van der Waals surface area contributed by atoms with Crippen LogP contribution >= 0.6 is 15.9 Å². The first-order chi connectivity index (χ1) is 9.56. The molecule has 1 N–H and O–H groups in total. The van der Waals surface area contributed by atoms with Gasteiger partial charge in [-0.15, -0.1) is 0 Å². The summed E-state index contributed by atoms with van der Waals surface area (Å²) < 4.78 is 1.21. The molecule has 1 aromatic rings. The molecule has 2 rings (SSSR count). The number of hydrogen-bond donors (Lipinski definition) is 1. The number of likely N-dealkylation sites (N-methyl/N-ethyl adjacent to an activating group) is 1. The van der Waals surface area contributed by atoms with E-state index >= 15 is 0 Å². The van der Waals surface area contributed by atoms with Crippen LogP contribution in [0.25, 0.3) is 0 Å². The van der Waals surface area contributed by atoms with Crippen molar-refractivity contribution in [2.24, 2.45) is 0 Å². The standard InChI is InChI=1S/C16H26BrN3/c1-13(2)18-12-14-5-6-16(15(17)11-14)20-8-4-7-19(3)9-10-20/h5-6,11,13,18H,4,7-10,12H2,1-3H3. The largest absolute Gasteiger partial charge is 0.369 e. The average molecular weight is 340 g/mol. The van der Waals surface area contributed by atoms with E-state index in [1.165, 1.54) is 28.7 Å². The molecule has 0 bridgehead atoms. The number of anilines is 1. The van der Waals surface area contributed by atoms with E-state index in [0.717, 1.165) is 26.2 Å². The molecular weight excluding hydrogens is 314 g/mol. The Bertz CT molecular complexity index is 434. The van der Waals surface area contributed by atoms with E-state index < -0.39 is 0 Å². The predicted octanol–water partition coefficient (Wildman–Crippen LogP) is 3.09. The van der Waals surface area contributed by atoms with Gasteiger partial charge >= 0.3 is 0 Å². The van der Waals surface area contributed by atoms with Gasteiger partial charge < -0.3 is 15.1 Å². The molecule has 0 atom stereocenters. The minimum atomic E-state index is 0.523. The summed E-state index contributed by atoms with van der Waals surface area (Å²) in [7, 11) is 2.21. The molecule has 20 heavy (non-hydrogen) atoms. The highest BCUT2D eigenvalue weighted by Crippen LogP contribution is 2.28. The Morgan fingerprint density at radius 2 is 2.00 bits per heavy atom. The summed E-state index contributed by atoms with van der Waals surface area (Å²) in [4.78, 5) is 4.90. The molecule has 112 valence electrons. The van der Waals surface area contributed by atoms with Crippen molar-refractivity contribution in [1.82, 2.24) is 10.2 Å².